The molecule has 0 radical (unpaired) electrons. The summed E-state index contributed by atoms with van der Waals surface area (Å²) >= 11 is 1.41. The Kier molecular flexibility index (Phi) is 5.57. The Morgan fingerprint density at radius 2 is 1.53 bits per heavy atom. The van der Waals surface area contributed by atoms with Crippen molar-refractivity contribution in [2.75, 3.05) is 5.75 Å². The predicted molar refractivity (Wildman–Crippen MR) is 131 cm³/mol. The lowest BCUT2D eigenvalue weighted by Crippen LogP contribution is -2.05. The van der Waals surface area contributed by atoms with Crippen LogP contribution in [0, 0.1) is 6.92 Å². The van der Waals surface area contributed by atoms with E-state index in [0.717, 1.165) is 27.8 Å². The van der Waals surface area contributed by atoms with Crippen LogP contribution in [0.1, 0.15) is 15.9 Å². The Labute approximate surface area is 190 Å². The number of Topliss-reactive ketones (excluding diaryl/α,β-unsaturated/α-hetero) is 1. The maximum atomic E-state index is 13.0. The van der Waals surface area contributed by atoms with Gasteiger partial charge >= 0.3 is 0 Å². The van der Waals surface area contributed by atoms with Crippen LogP contribution in [-0.2, 0) is 0 Å². The van der Waals surface area contributed by atoms with Crippen molar-refractivity contribution < 1.29 is 4.79 Å². The van der Waals surface area contributed by atoms with E-state index in [9.17, 15) is 4.79 Å². The monoisotopic (exact) mass is 435 g/mol. The van der Waals surface area contributed by atoms with E-state index < -0.39 is 0 Å². The summed E-state index contributed by atoms with van der Waals surface area (Å²) in [7, 11) is 0. The van der Waals surface area contributed by atoms with Gasteiger partial charge in [0.1, 0.15) is 0 Å². The first kappa shape index (κ1) is 20.2. The fourth-order valence-corrected chi connectivity index (χ4v) is 4.49. The van der Waals surface area contributed by atoms with E-state index in [2.05, 4.69) is 41.4 Å². The van der Waals surface area contributed by atoms with Gasteiger partial charge in [0.15, 0.2) is 16.8 Å². The molecular weight excluding hydrogens is 414 g/mol. The maximum Gasteiger partial charge on any atom is 0.196 e. The van der Waals surface area contributed by atoms with Gasteiger partial charge in [-0.05, 0) is 35.9 Å². The second-order valence-corrected chi connectivity index (χ2v) is 8.56. The first-order valence-corrected chi connectivity index (χ1v) is 11.4. The topological polar surface area (TPSA) is 47.8 Å². The lowest BCUT2D eigenvalue weighted by atomic mass is 10.1. The Morgan fingerprint density at radius 1 is 0.812 bits per heavy atom. The van der Waals surface area contributed by atoms with Crippen LogP contribution in [0.5, 0.6) is 0 Å². The summed E-state index contributed by atoms with van der Waals surface area (Å²) in [5.74, 6) is 1.12. The predicted octanol–water partition coefficient (Wildman–Crippen LogP) is 6.37. The zero-order valence-electron chi connectivity index (χ0n) is 17.6. The van der Waals surface area contributed by atoms with Crippen LogP contribution < -0.4 is 0 Å². The minimum atomic E-state index is 0.0699. The molecule has 0 saturated heterocycles. The highest BCUT2D eigenvalue weighted by Gasteiger charge is 2.18. The molecule has 1 aromatic heterocycles. The summed E-state index contributed by atoms with van der Waals surface area (Å²) in [5, 5.41) is 11.8. The van der Waals surface area contributed by atoms with Crippen LogP contribution >= 0.6 is 11.8 Å². The molecule has 0 atom stereocenters. The lowest BCUT2D eigenvalue weighted by Gasteiger charge is -2.11. The second kappa shape index (κ2) is 8.81. The van der Waals surface area contributed by atoms with E-state index in [4.69, 9.17) is 0 Å². The molecule has 4 aromatic carbocycles. The molecule has 0 aliphatic rings. The SMILES string of the molecule is Cc1ccc(-n2c(SCC(=O)c3ccc4ccccc4c3)nnc2-c2ccccc2)cc1. The average Bonchev–Trinajstić information content (AvgIpc) is 3.27. The van der Waals surface area contributed by atoms with Gasteiger partial charge in [0.25, 0.3) is 0 Å². The molecule has 0 aliphatic carbocycles. The lowest BCUT2D eigenvalue weighted by molar-refractivity contribution is 0.102. The molecule has 0 N–H and O–H groups in total. The van der Waals surface area contributed by atoms with Crippen LogP contribution in [0.25, 0.3) is 27.8 Å². The molecule has 0 bridgehead atoms. The van der Waals surface area contributed by atoms with Gasteiger partial charge in [-0.25, -0.2) is 0 Å². The molecule has 156 valence electrons. The Morgan fingerprint density at radius 3 is 2.31 bits per heavy atom. The van der Waals surface area contributed by atoms with Gasteiger partial charge in [-0.1, -0.05) is 96.2 Å². The van der Waals surface area contributed by atoms with Crippen molar-refractivity contribution >= 4 is 28.3 Å². The second-order valence-electron chi connectivity index (χ2n) is 7.62. The third-order valence-corrected chi connectivity index (χ3v) is 6.29. The standard InChI is InChI=1S/C27H21N3OS/c1-19-11-15-24(16-12-19)30-26(21-8-3-2-4-9-21)28-29-27(30)32-18-25(31)23-14-13-20-7-5-6-10-22(20)17-23/h2-17H,18H2,1H3. The number of nitrogens with zero attached hydrogens (tertiary/aromatic N) is 3. The summed E-state index contributed by atoms with van der Waals surface area (Å²) in [4.78, 5) is 13.0. The number of thioether (sulfide) groups is 1. The number of aromatic nitrogens is 3. The number of hydrogen-bond acceptors (Lipinski definition) is 4. The van der Waals surface area contributed by atoms with Crippen molar-refractivity contribution in [2.45, 2.75) is 12.1 Å². The molecule has 0 spiro atoms. The number of carbonyl (C=O) groups excluding carboxylic acids is 1. The van der Waals surface area contributed by atoms with E-state index in [1.54, 1.807) is 0 Å². The first-order valence-electron chi connectivity index (χ1n) is 10.4. The van der Waals surface area contributed by atoms with E-state index >= 15 is 0 Å². The largest absolute Gasteiger partial charge is 0.293 e. The van der Waals surface area contributed by atoms with Gasteiger partial charge in [0.2, 0.25) is 0 Å². The van der Waals surface area contributed by atoms with Gasteiger partial charge in [0.05, 0.1) is 5.75 Å². The number of benzene rings is 4. The zero-order valence-corrected chi connectivity index (χ0v) is 18.4. The molecule has 5 heteroatoms. The quantitative estimate of drug-likeness (QED) is 0.230. The molecule has 0 amide bonds. The summed E-state index contributed by atoms with van der Waals surface area (Å²) in [6.45, 7) is 2.06. The van der Waals surface area contributed by atoms with E-state index in [-0.39, 0.29) is 11.5 Å². The number of rotatable bonds is 6. The van der Waals surface area contributed by atoms with Gasteiger partial charge in [-0.15, -0.1) is 10.2 Å². The van der Waals surface area contributed by atoms with Crippen LogP contribution in [0.15, 0.2) is 102 Å². The summed E-state index contributed by atoms with van der Waals surface area (Å²) < 4.78 is 2.02. The van der Waals surface area contributed by atoms with Gasteiger partial charge < -0.3 is 0 Å². The van der Waals surface area contributed by atoms with Crippen molar-refractivity contribution in [2.24, 2.45) is 0 Å². The van der Waals surface area contributed by atoms with Gasteiger partial charge in [-0.3, -0.25) is 9.36 Å². The van der Waals surface area contributed by atoms with Crippen molar-refractivity contribution in [3.05, 3.63) is 108 Å². The molecule has 0 unspecified atom stereocenters. The van der Waals surface area contributed by atoms with E-state index in [0.29, 0.717) is 10.7 Å². The summed E-state index contributed by atoms with van der Waals surface area (Å²) in [6, 6.07) is 32.1. The molecular formula is C27H21N3OS. The molecule has 5 rings (SSSR count). The minimum absolute atomic E-state index is 0.0699. The van der Waals surface area contributed by atoms with Crippen molar-refractivity contribution in [1.29, 1.82) is 0 Å². The van der Waals surface area contributed by atoms with Gasteiger partial charge in [0, 0.05) is 16.8 Å². The molecule has 32 heavy (non-hydrogen) atoms. The highest BCUT2D eigenvalue weighted by molar-refractivity contribution is 7.99. The molecule has 0 fully saturated rings. The highest BCUT2D eigenvalue weighted by atomic mass is 32.2. The van der Waals surface area contributed by atoms with Crippen LogP contribution in [0.2, 0.25) is 0 Å². The van der Waals surface area contributed by atoms with Crippen molar-refractivity contribution in [1.82, 2.24) is 14.8 Å². The fraction of sp³-hybridized carbons (Fsp3) is 0.0741. The molecule has 4 nitrogen and oxygen atoms in total. The average molecular weight is 436 g/mol. The van der Waals surface area contributed by atoms with Crippen LogP contribution in [-0.4, -0.2) is 26.3 Å². The third kappa shape index (κ3) is 4.07. The Balaban J connectivity index is 1.45. The molecule has 1 heterocycles. The highest BCUT2D eigenvalue weighted by Crippen LogP contribution is 2.29. The number of hydrogen-bond donors (Lipinski definition) is 0. The molecule has 0 saturated carbocycles. The van der Waals surface area contributed by atoms with Crippen molar-refractivity contribution in [3.63, 3.8) is 0 Å². The Bertz CT molecular complexity index is 1390. The molecule has 5 aromatic rings. The van der Waals surface area contributed by atoms with Crippen LogP contribution in [0.3, 0.4) is 0 Å². The summed E-state index contributed by atoms with van der Waals surface area (Å²) in [5.41, 5.74) is 3.85. The van der Waals surface area contributed by atoms with Crippen molar-refractivity contribution in [3.8, 4) is 17.1 Å². The van der Waals surface area contributed by atoms with Gasteiger partial charge in [-0.2, -0.15) is 0 Å². The first-order chi connectivity index (χ1) is 15.7. The number of fused-ring (bicyclic) bond motifs is 1. The minimum Gasteiger partial charge on any atom is -0.293 e. The smallest absolute Gasteiger partial charge is 0.196 e. The zero-order chi connectivity index (χ0) is 21.9. The van der Waals surface area contributed by atoms with Crippen LogP contribution in [0.4, 0.5) is 0 Å². The normalized spacial score (nSPS) is 11.0. The third-order valence-electron chi connectivity index (χ3n) is 5.36. The van der Waals surface area contributed by atoms with E-state index in [1.165, 1.54) is 17.3 Å². The number of aryl methyl sites for hydroxylation is 1. The molecule has 0 aliphatic heterocycles. The number of carbonyl (C=O) groups is 1. The summed E-state index contributed by atoms with van der Waals surface area (Å²) in [6.07, 6.45) is 0. The Hall–Kier alpha value is -3.70. The number of ketones is 1. The maximum absolute atomic E-state index is 13.0. The fourth-order valence-electron chi connectivity index (χ4n) is 3.64. The van der Waals surface area contributed by atoms with E-state index in [1.807, 2.05) is 77.4 Å².